The van der Waals surface area contributed by atoms with Gasteiger partial charge in [-0.2, -0.15) is 0 Å². The first-order valence-corrected chi connectivity index (χ1v) is 6.63. The molecule has 0 spiro atoms. The number of hydrogen-bond donors (Lipinski definition) is 1. The first kappa shape index (κ1) is 13.3. The fraction of sp³-hybridized carbons (Fsp3) is 0.0833. The standard InChI is InChI=1S/C12H9Cl2NO2S/c1-7-9(18-11(14)10(13)17-7)12(16)15-8-5-3-2-4-6-8/h2-6H,1H3,(H,15,16). The molecule has 1 amide bonds. The number of anilines is 1. The number of rotatable bonds is 2. The first-order valence-electron chi connectivity index (χ1n) is 5.06. The van der Waals surface area contributed by atoms with Gasteiger partial charge in [0.25, 0.3) is 5.91 Å². The Kier molecular flexibility index (Phi) is 4.22. The van der Waals surface area contributed by atoms with Crippen molar-refractivity contribution in [2.45, 2.75) is 6.92 Å². The summed E-state index contributed by atoms with van der Waals surface area (Å²) in [7, 11) is 0. The van der Waals surface area contributed by atoms with E-state index in [1.165, 1.54) is 0 Å². The third kappa shape index (κ3) is 3.02. The second-order valence-corrected chi connectivity index (χ2v) is 5.42. The average molecular weight is 302 g/mol. The second-order valence-electron chi connectivity index (χ2n) is 3.46. The summed E-state index contributed by atoms with van der Waals surface area (Å²) in [5, 5.41) is 2.85. The molecule has 3 nitrogen and oxygen atoms in total. The molecule has 1 aliphatic heterocycles. The van der Waals surface area contributed by atoms with Crippen LogP contribution in [0.15, 0.2) is 50.6 Å². The fourth-order valence-corrected chi connectivity index (χ4v) is 2.47. The smallest absolute Gasteiger partial charge is 0.265 e. The summed E-state index contributed by atoms with van der Waals surface area (Å²) >= 11 is 12.7. The number of carbonyl (C=O) groups excluding carboxylic acids is 1. The van der Waals surface area contributed by atoms with Gasteiger partial charge < -0.3 is 10.1 Å². The van der Waals surface area contributed by atoms with Crippen LogP contribution in [0, 0.1) is 0 Å². The number of nitrogens with one attached hydrogen (secondary N) is 1. The van der Waals surface area contributed by atoms with Gasteiger partial charge >= 0.3 is 0 Å². The molecule has 1 aromatic carbocycles. The maximum atomic E-state index is 12.0. The molecular weight excluding hydrogens is 293 g/mol. The van der Waals surface area contributed by atoms with Crippen molar-refractivity contribution in [1.82, 2.24) is 0 Å². The van der Waals surface area contributed by atoms with Crippen LogP contribution >= 0.6 is 35.0 Å². The van der Waals surface area contributed by atoms with Crippen LogP contribution in [0.2, 0.25) is 0 Å². The predicted octanol–water partition coefficient (Wildman–Crippen LogP) is 4.22. The van der Waals surface area contributed by atoms with Crippen molar-refractivity contribution in [3.05, 3.63) is 50.6 Å². The van der Waals surface area contributed by atoms with Crippen LogP contribution in [-0.2, 0) is 9.53 Å². The van der Waals surface area contributed by atoms with Crippen molar-refractivity contribution in [2.75, 3.05) is 5.32 Å². The number of amides is 1. The van der Waals surface area contributed by atoms with Crippen molar-refractivity contribution < 1.29 is 9.53 Å². The minimum absolute atomic E-state index is 0.0930. The van der Waals surface area contributed by atoms with Gasteiger partial charge in [0, 0.05) is 5.69 Å². The molecule has 0 saturated carbocycles. The summed E-state index contributed by atoms with van der Waals surface area (Å²) in [5.41, 5.74) is 0.708. The monoisotopic (exact) mass is 301 g/mol. The quantitative estimate of drug-likeness (QED) is 0.888. The van der Waals surface area contributed by atoms with E-state index in [-0.39, 0.29) is 15.5 Å². The molecule has 1 N–H and O–H groups in total. The van der Waals surface area contributed by atoms with E-state index in [0.29, 0.717) is 16.4 Å². The average Bonchev–Trinajstić information content (AvgIpc) is 2.35. The van der Waals surface area contributed by atoms with Crippen molar-refractivity contribution >= 4 is 46.6 Å². The van der Waals surface area contributed by atoms with Crippen LogP contribution in [0.5, 0.6) is 0 Å². The Morgan fingerprint density at radius 3 is 2.61 bits per heavy atom. The van der Waals surface area contributed by atoms with Crippen molar-refractivity contribution in [1.29, 1.82) is 0 Å². The number of carbonyl (C=O) groups is 1. The van der Waals surface area contributed by atoms with E-state index in [9.17, 15) is 4.79 Å². The first-order chi connectivity index (χ1) is 8.58. The molecule has 0 bridgehead atoms. The van der Waals surface area contributed by atoms with E-state index in [2.05, 4.69) is 5.32 Å². The second kappa shape index (κ2) is 5.69. The lowest BCUT2D eigenvalue weighted by Crippen LogP contribution is -2.16. The molecule has 0 atom stereocenters. The number of allylic oxidation sites excluding steroid dienone is 1. The highest BCUT2D eigenvalue weighted by Crippen LogP contribution is 2.40. The van der Waals surface area contributed by atoms with Gasteiger partial charge in [-0.15, -0.1) is 0 Å². The Morgan fingerprint density at radius 2 is 1.94 bits per heavy atom. The molecule has 0 radical (unpaired) electrons. The normalized spacial score (nSPS) is 15.5. The predicted molar refractivity (Wildman–Crippen MR) is 75.2 cm³/mol. The zero-order valence-electron chi connectivity index (χ0n) is 9.37. The summed E-state index contributed by atoms with van der Waals surface area (Å²) < 4.78 is 5.43. The van der Waals surface area contributed by atoms with Gasteiger partial charge in [-0.3, -0.25) is 4.79 Å². The van der Waals surface area contributed by atoms with E-state index in [1.807, 2.05) is 18.2 Å². The molecule has 1 aliphatic rings. The lowest BCUT2D eigenvalue weighted by atomic mass is 10.3. The summed E-state index contributed by atoms with van der Waals surface area (Å²) in [5.74, 6) is 0.161. The highest BCUT2D eigenvalue weighted by Gasteiger charge is 2.24. The number of benzene rings is 1. The lowest BCUT2D eigenvalue weighted by molar-refractivity contribution is -0.112. The Labute approximate surface area is 119 Å². The number of para-hydroxylation sites is 1. The van der Waals surface area contributed by atoms with Crippen LogP contribution in [0.3, 0.4) is 0 Å². The Balaban J connectivity index is 2.13. The molecule has 94 valence electrons. The van der Waals surface area contributed by atoms with Crippen molar-refractivity contribution in [3.63, 3.8) is 0 Å². The van der Waals surface area contributed by atoms with E-state index in [1.54, 1.807) is 19.1 Å². The molecule has 0 aliphatic carbocycles. The number of ether oxygens (including phenoxy) is 1. The highest BCUT2D eigenvalue weighted by molar-refractivity contribution is 8.09. The maximum Gasteiger partial charge on any atom is 0.265 e. The van der Waals surface area contributed by atoms with Gasteiger partial charge in [-0.25, -0.2) is 0 Å². The van der Waals surface area contributed by atoms with Gasteiger partial charge in [0.15, 0.2) is 0 Å². The number of thioether (sulfide) groups is 1. The molecule has 2 rings (SSSR count). The largest absolute Gasteiger partial charge is 0.446 e. The van der Waals surface area contributed by atoms with E-state index in [0.717, 1.165) is 11.8 Å². The fourth-order valence-electron chi connectivity index (χ4n) is 1.34. The third-order valence-electron chi connectivity index (χ3n) is 2.15. The summed E-state index contributed by atoms with van der Waals surface area (Å²) in [6.07, 6.45) is 0. The van der Waals surface area contributed by atoms with Crippen LogP contribution in [-0.4, -0.2) is 5.91 Å². The summed E-state index contributed by atoms with van der Waals surface area (Å²) in [6.45, 7) is 1.67. The number of halogens is 2. The molecule has 18 heavy (non-hydrogen) atoms. The Hall–Kier alpha value is -1.10. The van der Waals surface area contributed by atoms with Gasteiger partial charge in [-0.1, -0.05) is 41.6 Å². The van der Waals surface area contributed by atoms with Crippen LogP contribution in [0.25, 0.3) is 0 Å². The Morgan fingerprint density at radius 1 is 1.28 bits per heavy atom. The highest BCUT2D eigenvalue weighted by atomic mass is 35.5. The zero-order valence-corrected chi connectivity index (χ0v) is 11.7. The molecule has 0 saturated heterocycles. The SMILES string of the molecule is CC1=C(C(=O)Nc2ccccc2)SC(Cl)=C(Cl)O1. The van der Waals surface area contributed by atoms with Gasteiger partial charge in [0.2, 0.25) is 5.22 Å². The van der Waals surface area contributed by atoms with Gasteiger partial charge in [-0.05, 0) is 30.7 Å². The molecule has 6 heteroatoms. The lowest BCUT2D eigenvalue weighted by Gasteiger charge is -2.17. The topological polar surface area (TPSA) is 38.3 Å². The van der Waals surface area contributed by atoms with Crippen LogP contribution in [0.1, 0.15) is 6.92 Å². The van der Waals surface area contributed by atoms with Crippen LogP contribution < -0.4 is 5.32 Å². The minimum Gasteiger partial charge on any atom is -0.446 e. The van der Waals surface area contributed by atoms with E-state index < -0.39 is 0 Å². The minimum atomic E-state index is -0.272. The molecule has 1 heterocycles. The third-order valence-corrected chi connectivity index (χ3v) is 4.07. The Bertz CT molecular complexity index is 540. The molecular formula is C12H9Cl2NO2S. The van der Waals surface area contributed by atoms with Crippen molar-refractivity contribution in [2.24, 2.45) is 0 Å². The molecule has 0 unspecified atom stereocenters. The molecule has 1 aromatic rings. The summed E-state index contributed by atoms with van der Waals surface area (Å²) in [6, 6.07) is 9.15. The summed E-state index contributed by atoms with van der Waals surface area (Å²) in [4.78, 5) is 12.4. The van der Waals surface area contributed by atoms with E-state index in [4.69, 9.17) is 27.9 Å². The van der Waals surface area contributed by atoms with Crippen molar-refractivity contribution in [3.8, 4) is 0 Å². The van der Waals surface area contributed by atoms with Gasteiger partial charge in [0.1, 0.15) is 15.0 Å². The van der Waals surface area contributed by atoms with E-state index >= 15 is 0 Å². The van der Waals surface area contributed by atoms with Gasteiger partial charge in [0.05, 0.1) is 0 Å². The number of hydrogen-bond acceptors (Lipinski definition) is 3. The van der Waals surface area contributed by atoms with Crippen LogP contribution in [0.4, 0.5) is 5.69 Å². The zero-order chi connectivity index (χ0) is 13.1. The molecule has 0 fully saturated rings. The maximum absolute atomic E-state index is 12.0. The molecule has 0 aromatic heterocycles.